The molecule has 2 rings (SSSR count). The number of carbonyl (C=O) groups excluding carboxylic acids is 2. The zero-order valence-electron chi connectivity index (χ0n) is 13.2. The van der Waals surface area contributed by atoms with Crippen molar-refractivity contribution in [3.8, 4) is 5.75 Å². The van der Waals surface area contributed by atoms with Crippen LogP contribution in [0.25, 0.3) is 0 Å². The third kappa shape index (κ3) is 5.07. The van der Waals surface area contributed by atoms with Gasteiger partial charge in [0.25, 0.3) is 5.91 Å². The van der Waals surface area contributed by atoms with Crippen molar-refractivity contribution < 1.29 is 19.1 Å². The van der Waals surface area contributed by atoms with Crippen LogP contribution in [0.5, 0.6) is 5.75 Å². The molecular formula is C16H18N2O4S. The summed E-state index contributed by atoms with van der Waals surface area (Å²) in [5, 5.41) is 3.11. The van der Waals surface area contributed by atoms with E-state index in [1.807, 2.05) is 31.2 Å². The monoisotopic (exact) mass is 334 g/mol. The van der Waals surface area contributed by atoms with Crippen molar-refractivity contribution in [2.75, 3.05) is 19.0 Å². The number of carbonyl (C=O) groups is 2. The third-order valence-corrected chi connectivity index (χ3v) is 4.14. The van der Waals surface area contributed by atoms with Gasteiger partial charge in [0.1, 0.15) is 5.75 Å². The fourth-order valence-corrected chi connectivity index (χ4v) is 2.75. The highest BCUT2D eigenvalue weighted by molar-refractivity contribution is 7.16. The molecule has 0 radical (unpaired) electrons. The number of aromatic nitrogens is 1. The van der Waals surface area contributed by atoms with Crippen LogP contribution in [0.3, 0.4) is 0 Å². The van der Waals surface area contributed by atoms with Crippen molar-refractivity contribution in [3.63, 3.8) is 0 Å². The first-order valence-electron chi connectivity index (χ1n) is 7.00. The zero-order chi connectivity index (χ0) is 16.8. The second-order valence-corrected chi connectivity index (χ2v) is 6.01. The van der Waals surface area contributed by atoms with Crippen molar-refractivity contribution in [1.29, 1.82) is 0 Å². The molecule has 0 fully saturated rings. The quantitative estimate of drug-likeness (QED) is 0.821. The maximum Gasteiger partial charge on any atom is 0.310 e. The summed E-state index contributed by atoms with van der Waals surface area (Å²) < 4.78 is 10.0. The highest BCUT2D eigenvalue weighted by Crippen LogP contribution is 2.23. The van der Waals surface area contributed by atoms with Gasteiger partial charge in [-0.1, -0.05) is 17.7 Å². The number of thiazole rings is 1. The summed E-state index contributed by atoms with van der Waals surface area (Å²) in [4.78, 5) is 28.2. The number of anilines is 1. The van der Waals surface area contributed by atoms with Gasteiger partial charge >= 0.3 is 5.97 Å². The molecular weight excluding hydrogens is 316 g/mol. The van der Waals surface area contributed by atoms with Gasteiger partial charge < -0.3 is 9.47 Å². The Balaban J connectivity index is 1.88. The molecule has 0 spiro atoms. The lowest BCUT2D eigenvalue weighted by Crippen LogP contribution is -2.20. The third-order valence-electron chi connectivity index (χ3n) is 3.06. The molecule has 23 heavy (non-hydrogen) atoms. The highest BCUT2D eigenvalue weighted by atomic mass is 32.1. The van der Waals surface area contributed by atoms with Crippen LogP contribution in [0.4, 0.5) is 5.13 Å². The van der Waals surface area contributed by atoms with E-state index >= 15 is 0 Å². The van der Waals surface area contributed by atoms with E-state index in [2.05, 4.69) is 15.0 Å². The molecule has 1 aromatic heterocycles. The first-order chi connectivity index (χ1) is 11.0. The smallest absolute Gasteiger partial charge is 0.310 e. The Morgan fingerprint density at radius 1 is 1.22 bits per heavy atom. The minimum Gasteiger partial charge on any atom is -0.484 e. The van der Waals surface area contributed by atoms with Gasteiger partial charge in [-0.15, -0.1) is 11.3 Å². The maximum atomic E-state index is 11.9. The van der Waals surface area contributed by atoms with Crippen molar-refractivity contribution in [1.82, 2.24) is 4.98 Å². The van der Waals surface area contributed by atoms with Gasteiger partial charge in [0.05, 0.1) is 19.2 Å². The molecule has 7 heteroatoms. The lowest BCUT2D eigenvalue weighted by Gasteiger charge is -2.05. The molecule has 1 aromatic carbocycles. The summed E-state index contributed by atoms with van der Waals surface area (Å²) in [5.41, 5.74) is 1.83. The molecule has 0 bridgehead atoms. The summed E-state index contributed by atoms with van der Waals surface area (Å²) in [6.07, 6.45) is 0.149. The summed E-state index contributed by atoms with van der Waals surface area (Å²) in [6, 6.07) is 7.45. The Kier molecular flexibility index (Phi) is 5.70. The van der Waals surface area contributed by atoms with Gasteiger partial charge in [-0.2, -0.15) is 0 Å². The first kappa shape index (κ1) is 17.0. The normalized spacial score (nSPS) is 10.2. The molecule has 1 N–H and O–H groups in total. The Labute approximate surface area is 138 Å². The van der Waals surface area contributed by atoms with Crippen molar-refractivity contribution in [3.05, 3.63) is 40.4 Å². The molecule has 1 heterocycles. The summed E-state index contributed by atoms with van der Waals surface area (Å²) in [6.45, 7) is 3.66. The van der Waals surface area contributed by atoms with Crippen LogP contribution < -0.4 is 10.1 Å². The van der Waals surface area contributed by atoms with Crippen LogP contribution in [0.1, 0.15) is 16.1 Å². The maximum absolute atomic E-state index is 11.9. The number of rotatable bonds is 6. The van der Waals surface area contributed by atoms with Crippen LogP contribution in [-0.4, -0.2) is 30.6 Å². The number of nitrogens with one attached hydrogen (secondary N) is 1. The summed E-state index contributed by atoms with van der Waals surface area (Å²) in [5.74, 6) is -0.00581. The molecule has 0 unspecified atom stereocenters. The Hall–Kier alpha value is -2.41. The number of esters is 1. The lowest BCUT2D eigenvalue weighted by molar-refractivity contribution is -0.139. The number of aryl methyl sites for hydroxylation is 2. The molecule has 0 atom stereocenters. The highest BCUT2D eigenvalue weighted by Gasteiger charge is 2.14. The van der Waals surface area contributed by atoms with Crippen molar-refractivity contribution >= 4 is 28.3 Å². The minimum atomic E-state index is -0.336. The van der Waals surface area contributed by atoms with E-state index in [4.69, 9.17) is 4.74 Å². The second kappa shape index (κ2) is 7.73. The number of benzene rings is 1. The first-order valence-corrected chi connectivity index (χ1v) is 7.82. The number of hydrogen-bond donors (Lipinski definition) is 1. The van der Waals surface area contributed by atoms with Gasteiger partial charge in [0.15, 0.2) is 11.7 Å². The number of methoxy groups -OCH3 is 1. The fraction of sp³-hybridized carbons (Fsp3) is 0.312. The molecule has 6 nitrogen and oxygen atoms in total. The summed E-state index contributed by atoms with van der Waals surface area (Å²) >= 11 is 1.26. The van der Waals surface area contributed by atoms with Gasteiger partial charge in [-0.3, -0.25) is 14.9 Å². The van der Waals surface area contributed by atoms with Crippen molar-refractivity contribution in [2.24, 2.45) is 0 Å². The van der Waals surface area contributed by atoms with E-state index in [1.54, 1.807) is 6.92 Å². The molecule has 2 aromatic rings. The van der Waals surface area contributed by atoms with Crippen LogP contribution in [0.2, 0.25) is 0 Å². The zero-order valence-corrected chi connectivity index (χ0v) is 14.0. The Morgan fingerprint density at radius 2 is 1.91 bits per heavy atom. The van der Waals surface area contributed by atoms with E-state index in [0.717, 1.165) is 10.4 Å². The molecule has 0 aliphatic rings. The van der Waals surface area contributed by atoms with Crippen molar-refractivity contribution in [2.45, 2.75) is 20.3 Å². The van der Waals surface area contributed by atoms with E-state index < -0.39 is 0 Å². The van der Waals surface area contributed by atoms with Crippen LogP contribution >= 0.6 is 11.3 Å². The predicted molar refractivity (Wildman–Crippen MR) is 87.9 cm³/mol. The van der Waals surface area contributed by atoms with E-state index in [-0.39, 0.29) is 24.9 Å². The minimum absolute atomic E-state index is 0.103. The van der Waals surface area contributed by atoms with Crippen LogP contribution in [-0.2, 0) is 20.7 Å². The molecule has 0 aliphatic carbocycles. The largest absolute Gasteiger partial charge is 0.484 e. The van der Waals surface area contributed by atoms with Gasteiger partial charge in [-0.05, 0) is 26.0 Å². The van der Waals surface area contributed by atoms with E-state index in [1.165, 1.54) is 18.4 Å². The number of nitrogens with zero attached hydrogens (tertiary/aromatic N) is 1. The van der Waals surface area contributed by atoms with E-state index in [9.17, 15) is 9.59 Å². The van der Waals surface area contributed by atoms with Crippen LogP contribution in [0, 0.1) is 13.8 Å². The van der Waals surface area contributed by atoms with Gasteiger partial charge in [0, 0.05) is 4.88 Å². The molecule has 0 aliphatic heterocycles. The molecule has 0 saturated heterocycles. The molecule has 0 saturated carbocycles. The second-order valence-electron chi connectivity index (χ2n) is 4.93. The number of amides is 1. The molecule has 122 valence electrons. The topological polar surface area (TPSA) is 77.5 Å². The summed E-state index contributed by atoms with van der Waals surface area (Å²) in [7, 11) is 1.34. The number of hydrogen-bond acceptors (Lipinski definition) is 6. The SMILES string of the molecule is COC(=O)Cc1sc(NC(=O)COc2ccc(C)cc2)nc1C. The lowest BCUT2D eigenvalue weighted by atomic mass is 10.2. The Morgan fingerprint density at radius 3 is 2.57 bits per heavy atom. The van der Waals surface area contributed by atoms with E-state index in [0.29, 0.717) is 16.6 Å². The van der Waals surface area contributed by atoms with Crippen LogP contribution in [0.15, 0.2) is 24.3 Å². The predicted octanol–water partition coefficient (Wildman–Crippen LogP) is 2.49. The Bertz CT molecular complexity index is 695. The fourth-order valence-electron chi connectivity index (χ4n) is 1.79. The standard InChI is InChI=1S/C16H18N2O4S/c1-10-4-6-12(7-5-10)22-9-14(19)18-16-17-11(2)13(23-16)8-15(20)21-3/h4-7H,8-9H2,1-3H3,(H,17,18,19). The number of ether oxygens (including phenoxy) is 2. The van der Waals surface area contributed by atoms with Gasteiger partial charge in [0.2, 0.25) is 0 Å². The average molecular weight is 334 g/mol. The van der Waals surface area contributed by atoms with Gasteiger partial charge in [-0.25, -0.2) is 4.98 Å². The average Bonchev–Trinajstić information content (AvgIpc) is 2.86. The molecule has 1 amide bonds.